The van der Waals surface area contributed by atoms with Crippen molar-refractivity contribution >= 4 is 29.4 Å². The Bertz CT molecular complexity index is 1650. The van der Waals surface area contributed by atoms with Gasteiger partial charge < -0.3 is 39.5 Å². The Morgan fingerprint density at radius 3 is 2.50 bits per heavy atom. The maximum atomic E-state index is 14.7. The van der Waals surface area contributed by atoms with Gasteiger partial charge in [-0.05, 0) is 62.4 Å². The maximum absolute atomic E-state index is 14.7. The molecule has 0 spiro atoms. The highest BCUT2D eigenvalue weighted by Crippen LogP contribution is 2.49. The lowest BCUT2D eigenvalue weighted by Gasteiger charge is -2.45. The van der Waals surface area contributed by atoms with E-state index in [9.17, 15) is 23.2 Å². The fourth-order valence-corrected chi connectivity index (χ4v) is 7.57. The number of likely N-dealkylation sites (tertiary alicyclic amines) is 1. The first-order valence-electron chi connectivity index (χ1n) is 16.5. The molecule has 50 heavy (non-hydrogen) atoms. The van der Waals surface area contributed by atoms with Crippen LogP contribution in [-0.4, -0.2) is 80.0 Å². The summed E-state index contributed by atoms with van der Waals surface area (Å²) in [6.45, 7) is 1.86. The van der Waals surface area contributed by atoms with E-state index in [0.29, 0.717) is 78.3 Å². The molecule has 272 valence electrons. The van der Waals surface area contributed by atoms with E-state index < -0.39 is 42.2 Å². The Morgan fingerprint density at radius 1 is 1.10 bits per heavy atom. The van der Waals surface area contributed by atoms with E-state index in [1.807, 2.05) is 0 Å². The summed E-state index contributed by atoms with van der Waals surface area (Å²) >= 11 is 6.69. The predicted octanol–water partition coefficient (Wildman–Crippen LogP) is 4.53. The van der Waals surface area contributed by atoms with Crippen molar-refractivity contribution in [3.8, 4) is 17.2 Å². The molecule has 0 bridgehead atoms. The number of ether oxygens (including phenoxy) is 4. The smallest absolute Gasteiger partial charge is 0.312 e. The molecule has 3 atom stereocenters. The number of nitrogens with zero attached hydrogens (tertiary/aromatic N) is 3. The zero-order valence-electron chi connectivity index (χ0n) is 28.7. The van der Waals surface area contributed by atoms with E-state index in [2.05, 4.69) is 0 Å². The van der Waals surface area contributed by atoms with Crippen LogP contribution in [0.1, 0.15) is 61.9 Å². The molecule has 4 N–H and O–H groups in total. The van der Waals surface area contributed by atoms with E-state index in [4.69, 9.17) is 42.1 Å². The number of esters is 1. The van der Waals surface area contributed by atoms with Crippen LogP contribution in [0.3, 0.4) is 0 Å². The summed E-state index contributed by atoms with van der Waals surface area (Å²) in [5, 5.41) is 1.15. The lowest BCUT2D eigenvalue weighted by molar-refractivity contribution is -0.166. The van der Waals surface area contributed by atoms with Crippen LogP contribution in [0.4, 0.5) is 8.78 Å². The predicted molar refractivity (Wildman–Crippen MR) is 180 cm³/mol. The van der Waals surface area contributed by atoms with Gasteiger partial charge in [0.05, 0.1) is 31.2 Å². The van der Waals surface area contributed by atoms with E-state index in [1.165, 1.54) is 14.2 Å². The Hall–Kier alpha value is -4.30. The molecule has 2 aliphatic heterocycles. The molecule has 1 saturated carbocycles. The number of fused-ring (bicyclic) bond motifs is 1. The summed E-state index contributed by atoms with van der Waals surface area (Å²) in [7, 11) is 4.31. The molecule has 0 radical (unpaired) electrons. The van der Waals surface area contributed by atoms with Crippen molar-refractivity contribution in [3.05, 3.63) is 63.4 Å². The van der Waals surface area contributed by atoms with E-state index >= 15 is 0 Å². The van der Waals surface area contributed by atoms with Gasteiger partial charge in [0.2, 0.25) is 11.8 Å². The summed E-state index contributed by atoms with van der Waals surface area (Å²) in [4.78, 5) is 45.1. The zero-order chi connectivity index (χ0) is 36.3. The Morgan fingerprint density at radius 2 is 1.86 bits per heavy atom. The molecule has 1 saturated heterocycles. The molecule has 3 aliphatic rings. The van der Waals surface area contributed by atoms with Crippen LogP contribution in [0.15, 0.2) is 41.7 Å². The first kappa shape index (κ1) is 37.0. The van der Waals surface area contributed by atoms with Gasteiger partial charge in [-0.3, -0.25) is 14.4 Å². The average molecular weight is 720 g/mol. The van der Waals surface area contributed by atoms with Crippen molar-refractivity contribution < 1.29 is 42.1 Å². The number of amides is 2. The monoisotopic (exact) mass is 719 g/mol. The van der Waals surface area contributed by atoms with Crippen LogP contribution >= 0.6 is 11.6 Å². The standard InChI is InChI=1S/C35H44ClF2N5O7/c1-35(34(46)50-18-20-9-10-21(47-3)17-27(20)48-4)14-5-7-23(35)33(45)43-16-13-22-24(36)11-12-26(29(22)32(43)42-15-6-8-28(42)44)49-19-25(39)30(31(37)38)41(2)40/h9-12,17,23,31-32H,5-8,13-16,18-19,39-40H2,1-4H3/b30-25-/t23?,32?,35-/m0/s1. The average Bonchev–Trinajstić information content (AvgIpc) is 3.71. The highest BCUT2D eigenvalue weighted by atomic mass is 35.5. The SMILES string of the molecule is COc1ccc(COC(=O)[C@@]2(C)CCCC2C(=O)N2CCc3c(Cl)ccc(OC/C(N)=C(\C(F)F)N(C)N)c3C2N2CCCC2=O)c(OC)c1. The largest absolute Gasteiger partial charge is 0.497 e. The van der Waals surface area contributed by atoms with E-state index in [0.717, 1.165) is 5.01 Å². The fraction of sp³-hybridized carbons (Fsp3) is 0.514. The van der Waals surface area contributed by atoms with Gasteiger partial charge in [-0.15, -0.1) is 0 Å². The molecule has 2 aromatic rings. The van der Waals surface area contributed by atoms with Gasteiger partial charge in [-0.1, -0.05) is 18.0 Å². The number of alkyl halides is 2. The van der Waals surface area contributed by atoms with Crippen LogP contribution in [0.2, 0.25) is 5.02 Å². The van der Waals surface area contributed by atoms with Crippen molar-refractivity contribution in [2.24, 2.45) is 22.9 Å². The number of rotatable bonds is 12. The van der Waals surface area contributed by atoms with Gasteiger partial charge in [0.25, 0.3) is 6.43 Å². The van der Waals surface area contributed by atoms with Crippen molar-refractivity contribution in [1.82, 2.24) is 14.8 Å². The third kappa shape index (κ3) is 7.13. The van der Waals surface area contributed by atoms with Crippen molar-refractivity contribution in [2.45, 2.75) is 64.6 Å². The summed E-state index contributed by atoms with van der Waals surface area (Å²) in [5.74, 6) is 5.24. The van der Waals surface area contributed by atoms with Gasteiger partial charge in [0.15, 0.2) is 0 Å². The summed E-state index contributed by atoms with van der Waals surface area (Å²) in [6.07, 6.45) is -1.13. The minimum atomic E-state index is -2.94. The molecule has 1 aliphatic carbocycles. The molecule has 2 fully saturated rings. The Labute approximate surface area is 295 Å². The summed E-state index contributed by atoms with van der Waals surface area (Å²) in [5.41, 5.74) is 5.80. The Kier molecular flexibility index (Phi) is 11.3. The van der Waals surface area contributed by atoms with Crippen LogP contribution in [0, 0.1) is 11.3 Å². The van der Waals surface area contributed by atoms with E-state index in [-0.39, 0.29) is 36.4 Å². The third-order valence-corrected chi connectivity index (χ3v) is 10.3. The number of hydrogen-bond acceptors (Lipinski definition) is 10. The number of nitrogens with two attached hydrogens (primary N) is 2. The second-order valence-electron chi connectivity index (χ2n) is 13.0. The maximum Gasteiger partial charge on any atom is 0.312 e. The number of halogens is 3. The molecule has 2 amide bonds. The van der Waals surface area contributed by atoms with Gasteiger partial charge in [0.1, 0.15) is 42.3 Å². The second-order valence-corrected chi connectivity index (χ2v) is 13.4. The van der Waals surface area contributed by atoms with Gasteiger partial charge >= 0.3 is 5.97 Å². The molecular weight excluding hydrogens is 676 g/mol. The summed E-state index contributed by atoms with van der Waals surface area (Å²) in [6, 6.07) is 8.40. The number of carbonyl (C=O) groups is 3. The quantitative estimate of drug-likeness (QED) is 0.182. The molecule has 12 nitrogen and oxygen atoms in total. The number of allylic oxidation sites excluding steroid dienone is 1. The fourth-order valence-electron chi connectivity index (χ4n) is 7.31. The van der Waals surface area contributed by atoms with Crippen molar-refractivity contribution in [3.63, 3.8) is 0 Å². The van der Waals surface area contributed by atoms with Crippen molar-refractivity contribution in [1.29, 1.82) is 0 Å². The molecule has 2 aromatic carbocycles. The van der Waals surface area contributed by atoms with Crippen LogP contribution in [-0.2, 0) is 32.1 Å². The minimum absolute atomic E-state index is 0.0610. The Balaban J connectivity index is 1.45. The first-order chi connectivity index (χ1) is 23.8. The zero-order valence-corrected chi connectivity index (χ0v) is 29.4. The van der Waals surface area contributed by atoms with Gasteiger partial charge in [0, 0.05) is 48.8 Å². The molecule has 15 heteroatoms. The van der Waals surface area contributed by atoms with Gasteiger partial charge in [-0.25, -0.2) is 14.6 Å². The third-order valence-electron chi connectivity index (χ3n) is 9.98. The van der Waals surface area contributed by atoms with Crippen molar-refractivity contribution in [2.75, 3.05) is 41.0 Å². The highest BCUT2D eigenvalue weighted by molar-refractivity contribution is 6.31. The lowest BCUT2D eigenvalue weighted by atomic mass is 9.78. The summed E-state index contributed by atoms with van der Waals surface area (Å²) < 4.78 is 50.0. The molecule has 2 unspecified atom stereocenters. The van der Waals surface area contributed by atoms with Crippen LogP contribution < -0.4 is 25.8 Å². The number of methoxy groups -OCH3 is 2. The molecule has 0 aromatic heterocycles. The number of hydrogen-bond donors (Lipinski definition) is 2. The second kappa shape index (κ2) is 15.3. The topological polar surface area (TPSA) is 150 Å². The highest BCUT2D eigenvalue weighted by Gasteiger charge is 2.53. The van der Waals surface area contributed by atoms with Crippen LogP contribution in [0.25, 0.3) is 0 Å². The van der Waals surface area contributed by atoms with E-state index in [1.54, 1.807) is 54.2 Å². The van der Waals surface area contributed by atoms with Gasteiger partial charge in [-0.2, -0.15) is 0 Å². The lowest BCUT2D eigenvalue weighted by Crippen LogP contribution is -2.53. The first-order valence-corrected chi connectivity index (χ1v) is 16.9. The molecule has 5 rings (SSSR count). The van der Waals surface area contributed by atoms with Crippen LogP contribution in [0.5, 0.6) is 17.2 Å². The normalized spacial score (nSPS) is 22.3. The number of hydrazine groups is 1. The number of carbonyl (C=O) groups excluding carboxylic acids is 3. The molecular formula is C35H44ClF2N5O7. The number of benzene rings is 2. The molecule has 2 heterocycles. The minimum Gasteiger partial charge on any atom is -0.497 e.